The van der Waals surface area contributed by atoms with Crippen LogP contribution in [0.4, 0.5) is 26.3 Å². The van der Waals surface area contributed by atoms with Gasteiger partial charge in [-0.2, -0.15) is 26.3 Å². The summed E-state index contributed by atoms with van der Waals surface area (Å²) >= 11 is 0.0488. The first kappa shape index (κ1) is 32.0. The number of allylic oxidation sites excluding steroid dienone is 4. The number of hydrogen-bond donors (Lipinski definition) is 0. The van der Waals surface area contributed by atoms with E-state index in [4.69, 9.17) is 25.9 Å². The lowest BCUT2D eigenvalue weighted by atomic mass is 10.2. The third-order valence-corrected chi connectivity index (χ3v) is 13.2. The first-order valence-corrected chi connectivity index (χ1v) is 16.9. The van der Waals surface area contributed by atoms with Crippen LogP contribution in [0.25, 0.3) is 0 Å². The fraction of sp³-hybridized carbons (Fsp3) is 0.238. The second kappa shape index (κ2) is 12.8. The lowest BCUT2D eigenvalue weighted by molar-refractivity contribution is -0.622. The monoisotopic (exact) mass is 796 g/mol. The highest BCUT2D eigenvalue weighted by molar-refractivity contribution is 7.86. The SMILES string of the molecule is C1=CC2CC1C([I+]c1ccccc1)=C2[I+]c1ccccc1.O=S(=O)([O-])C(F)(F)F.O=S(=O)([O-])C(F)(F)F. The smallest absolute Gasteiger partial charge is 0.485 e. The van der Waals surface area contributed by atoms with E-state index in [1.165, 1.54) is 6.42 Å². The molecule has 2 aromatic rings. The summed E-state index contributed by atoms with van der Waals surface area (Å²) in [6.45, 7) is 0. The third kappa shape index (κ3) is 9.79. The number of halogens is 8. The fourth-order valence-corrected chi connectivity index (χ4v) is 10.1. The summed E-state index contributed by atoms with van der Waals surface area (Å²) in [4.78, 5) is 0. The summed E-state index contributed by atoms with van der Waals surface area (Å²) in [6, 6.07) is 22.2. The Morgan fingerprint density at radius 2 is 0.892 bits per heavy atom. The Morgan fingerprint density at radius 3 is 1.14 bits per heavy atom. The summed E-state index contributed by atoms with van der Waals surface area (Å²) in [5.41, 5.74) is -11.3. The molecule has 0 fully saturated rings. The minimum absolute atomic E-state index is 0.0244. The average molecular weight is 796 g/mol. The minimum atomic E-state index is -6.09. The summed E-state index contributed by atoms with van der Waals surface area (Å²) in [5, 5.41) is 0. The summed E-state index contributed by atoms with van der Waals surface area (Å²) in [7, 11) is -12.2. The molecule has 2 aliphatic carbocycles. The van der Waals surface area contributed by atoms with Crippen molar-refractivity contribution in [2.75, 3.05) is 0 Å². The molecular formula is C21H16F6I2O6S2. The Morgan fingerprint density at radius 1 is 0.622 bits per heavy atom. The molecule has 16 heteroatoms. The first-order valence-electron chi connectivity index (χ1n) is 9.76. The molecule has 37 heavy (non-hydrogen) atoms. The van der Waals surface area contributed by atoms with Crippen LogP contribution in [0.15, 0.2) is 80.0 Å². The average Bonchev–Trinajstić information content (AvgIpc) is 3.36. The lowest BCUT2D eigenvalue weighted by Gasteiger charge is -2.08. The summed E-state index contributed by atoms with van der Waals surface area (Å²) < 4.78 is 125. The van der Waals surface area contributed by atoms with Gasteiger partial charge in [0.05, 0.1) is 11.8 Å². The van der Waals surface area contributed by atoms with Gasteiger partial charge in [0.25, 0.3) is 0 Å². The van der Waals surface area contributed by atoms with Gasteiger partial charge in [-0.1, -0.05) is 48.6 Å². The van der Waals surface area contributed by atoms with Gasteiger partial charge in [0, 0.05) is 0 Å². The predicted molar refractivity (Wildman–Crippen MR) is 110 cm³/mol. The van der Waals surface area contributed by atoms with Crippen molar-refractivity contribution in [3.8, 4) is 0 Å². The molecule has 2 aliphatic rings. The number of rotatable bonds is 4. The molecule has 2 aromatic carbocycles. The maximum absolute atomic E-state index is 10.7. The van der Waals surface area contributed by atoms with Crippen LogP contribution in [-0.2, 0) is 20.2 Å². The van der Waals surface area contributed by atoms with E-state index < -0.39 is 31.3 Å². The van der Waals surface area contributed by atoms with Gasteiger partial charge in [-0.05, 0) is 30.7 Å². The van der Waals surface area contributed by atoms with Gasteiger partial charge < -0.3 is 9.11 Å². The molecule has 2 bridgehead atoms. The Hall–Kier alpha value is -1.22. The van der Waals surface area contributed by atoms with Crippen molar-refractivity contribution < 1.29 is 94.7 Å². The van der Waals surface area contributed by atoms with Crippen LogP contribution in [0.3, 0.4) is 0 Å². The highest BCUT2D eigenvalue weighted by Crippen LogP contribution is 2.36. The van der Waals surface area contributed by atoms with Crippen LogP contribution in [0.5, 0.6) is 0 Å². The van der Waals surface area contributed by atoms with E-state index >= 15 is 0 Å². The Bertz CT molecular complexity index is 1230. The normalized spacial score (nSPS) is 19.1. The zero-order chi connectivity index (χ0) is 28.1. The van der Waals surface area contributed by atoms with E-state index in [1.54, 1.807) is 7.14 Å². The fourth-order valence-electron chi connectivity index (χ4n) is 2.85. The summed E-state index contributed by atoms with van der Waals surface area (Å²) in [5.74, 6) is 1.53. The topological polar surface area (TPSA) is 114 Å². The molecule has 4 rings (SSSR count). The van der Waals surface area contributed by atoms with Gasteiger partial charge in [0.15, 0.2) is 27.4 Å². The van der Waals surface area contributed by atoms with Crippen molar-refractivity contribution in [2.24, 2.45) is 11.8 Å². The van der Waals surface area contributed by atoms with Crippen molar-refractivity contribution in [3.63, 3.8) is 0 Å². The molecule has 0 saturated carbocycles. The molecule has 0 spiro atoms. The quantitative estimate of drug-likeness (QED) is 0.122. The minimum Gasteiger partial charge on any atom is -0.741 e. The summed E-state index contributed by atoms with van der Waals surface area (Å²) in [6.07, 6.45) is 6.31. The van der Waals surface area contributed by atoms with Crippen molar-refractivity contribution in [1.29, 1.82) is 0 Å². The molecule has 0 amide bonds. The lowest BCUT2D eigenvalue weighted by Crippen LogP contribution is -3.66. The van der Waals surface area contributed by atoms with Crippen molar-refractivity contribution in [2.45, 2.75) is 17.4 Å². The molecule has 0 saturated heterocycles. The van der Waals surface area contributed by atoms with Crippen LogP contribution >= 0.6 is 0 Å². The predicted octanol–water partition coefficient (Wildman–Crippen LogP) is -1.58. The molecule has 0 heterocycles. The second-order valence-electron chi connectivity index (χ2n) is 7.11. The van der Waals surface area contributed by atoms with Crippen LogP contribution < -0.4 is 42.4 Å². The van der Waals surface area contributed by atoms with Crippen LogP contribution in [0, 0.1) is 19.0 Å². The van der Waals surface area contributed by atoms with E-state index in [2.05, 4.69) is 72.8 Å². The highest BCUT2D eigenvalue weighted by Gasteiger charge is 2.50. The molecule has 204 valence electrons. The van der Waals surface area contributed by atoms with Crippen LogP contribution in [-0.4, -0.2) is 37.0 Å². The molecule has 0 N–H and O–H groups in total. The van der Waals surface area contributed by atoms with Crippen molar-refractivity contribution in [1.82, 2.24) is 0 Å². The number of alkyl halides is 6. The van der Waals surface area contributed by atoms with Gasteiger partial charge in [-0.3, -0.25) is 0 Å². The molecular weight excluding hydrogens is 780 g/mol. The Kier molecular flexibility index (Phi) is 11.0. The number of fused-ring (bicyclic) bond motifs is 2. The van der Waals surface area contributed by atoms with E-state index in [-0.39, 0.29) is 42.4 Å². The molecule has 2 unspecified atom stereocenters. The van der Waals surface area contributed by atoms with Crippen LogP contribution in [0.2, 0.25) is 0 Å². The van der Waals surface area contributed by atoms with Gasteiger partial charge in [-0.15, -0.1) is 0 Å². The zero-order valence-electron chi connectivity index (χ0n) is 18.1. The largest absolute Gasteiger partial charge is 0.741 e. The molecule has 0 radical (unpaired) electrons. The molecule has 2 atom stereocenters. The van der Waals surface area contributed by atoms with E-state index in [9.17, 15) is 26.3 Å². The van der Waals surface area contributed by atoms with E-state index in [1.807, 2.05) is 7.16 Å². The standard InChI is InChI=1S/C19H16I2.2CHF3O3S/c1-3-7-16(8-4-1)20-18-14-11-12-15(13-14)19(18)21-17-9-5-2-6-10-17;2*2-1(3,4)8(5,6)7/h1-12,14-15H,13H2;2*(H,5,6,7)/q+2;;/p-2. The third-order valence-electron chi connectivity index (χ3n) is 4.42. The van der Waals surface area contributed by atoms with Crippen molar-refractivity contribution >= 4 is 20.2 Å². The van der Waals surface area contributed by atoms with Gasteiger partial charge >= 0.3 is 53.4 Å². The van der Waals surface area contributed by atoms with Gasteiger partial charge in [-0.25, -0.2) is 16.8 Å². The Labute approximate surface area is 229 Å². The van der Waals surface area contributed by atoms with Crippen LogP contribution in [0.1, 0.15) is 6.42 Å². The van der Waals surface area contributed by atoms with Crippen molar-refractivity contribution in [3.05, 3.63) is 87.1 Å². The number of hydrogen-bond acceptors (Lipinski definition) is 6. The highest BCUT2D eigenvalue weighted by atomic mass is 127. The molecule has 6 nitrogen and oxygen atoms in total. The maximum Gasteiger partial charge on any atom is 0.485 e. The maximum atomic E-state index is 10.7. The molecule has 0 aliphatic heterocycles. The Balaban J connectivity index is 0.000000251. The van der Waals surface area contributed by atoms with Gasteiger partial charge in [0.2, 0.25) is 7.16 Å². The van der Waals surface area contributed by atoms with E-state index in [0.717, 1.165) is 11.8 Å². The second-order valence-corrected chi connectivity index (χ2v) is 15.7. The molecule has 0 aromatic heterocycles. The first-order chi connectivity index (χ1) is 16.9. The number of benzene rings is 2. The zero-order valence-corrected chi connectivity index (χ0v) is 24.0. The van der Waals surface area contributed by atoms with E-state index in [0.29, 0.717) is 0 Å². The van der Waals surface area contributed by atoms with Gasteiger partial charge in [0.1, 0.15) is 0 Å².